The summed E-state index contributed by atoms with van der Waals surface area (Å²) in [4.78, 5) is 23.7. The number of carbonyl (C=O) groups is 2. The fourth-order valence-corrected chi connectivity index (χ4v) is 2.53. The molecule has 2 rings (SSSR count). The van der Waals surface area contributed by atoms with E-state index in [-0.39, 0.29) is 21.9 Å². The van der Waals surface area contributed by atoms with Gasteiger partial charge in [-0.25, -0.2) is 9.18 Å². The molecular weight excluding hydrogens is 285 g/mol. The Morgan fingerprint density at radius 1 is 1.25 bits per heavy atom. The summed E-state index contributed by atoms with van der Waals surface area (Å²) in [5, 5.41) is 21.0. The Hall–Kier alpha value is -2.41. The van der Waals surface area contributed by atoms with E-state index in [4.69, 9.17) is 5.11 Å². The molecular formula is C13H10FNO4S. The van der Waals surface area contributed by atoms with E-state index in [0.717, 1.165) is 29.5 Å². The van der Waals surface area contributed by atoms with E-state index in [0.29, 0.717) is 4.88 Å². The number of hydrogen-bond donors (Lipinski definition) is 3. The van der Waals surface area contributed by atoms with E-state index in [1.807, 2.05) is 0 Å². The molecule has 3 N–H and O–H groups in total. The molecule has 0 unspecified atom stereocenters. The van der Waals surface area contributed by atoms with E-state index in [1.54, 1.807) is 6.92 Å². The summed E-state index contributed by atoms with van der Waals surface area (Å²) in [6, 6.07) is 4.38. The van der Waals surface area contributed by atoms with Gasteiger partial charge in [-0.1, -0.05) is 0 Å². The highest BCUT2D eigenvalue weighted by atomic mass is 32.1. The van der Waals surface area contributed by atoms with Gasteiger partial charge in [-0.05, 0) is 31.2 Å². The van der Waals surface area contributed by atoms with Gasteiger partial charge in [0.2, 0.25) is 0 Å². The Kier molecular flexibility index (Phi) is 3.71. The van der Waals surface area contributed by atoms with Crippen LogP contribution in [0.1, 0.15) is 25.6 Å². The summed E-state index contributed by atoms with van der Waals surface area (Å²) in [7, 11) is 0. The molecule has 0 fully saturated rings. The number of amides is 1. The van der Waals surface area contributed by atoms with Gasteiger partial charge in [0, 0.05) is 4.88 Å². The second kappa shape index (κ2) is 5.30. The second-order valence-corrected chi connectivity index (χ2v) is 5.28. The van der Waals surface area contributed by atoms with Crippen molar-refractivity contribution >= 4 is 28.2 Å². The molecule has 0 aliphatic rings. The van der Waals surface area contributed by atoms with Gasteiger partial charge < -0.3 is 15.5 Å². The molecule has 0 saturated heterocycles. The molecule has 1 aromatic heterocycles. The van der Waals surface area contributed by atoms with Crippen LogP contribution in [-0.2, 0) is 0 Å². The van der Waals surface area contributed by atoms with Crippen LogP contribution in [0.3, 0.4) is 0 Å². The maximum Gasteiger partial charge on any atom is 0.338 e. The monoisotopic (exact) mass is 295 g/mol. The van der Waals surface area contributed by atoms with Crippen molar-refractivity contribution in [1.82, 2.24) is 0 Å². The van der Waals surface area contributed by atoms with Gasteiger partial charge >= 0.3 is 5.97 Å². The minimum atomic E-state index is -1.17. The molecule has 0 aliphatic heterocycles. The largest absolute Gasteiger partial charge is 0.507 e. The number of carboxylic acids is 1. The fourth-order valence-electron chi connectivity index (χ4n) is 1.63. The number of aromatic carboxylic acids is 1. The van der Waals surface area contributed by atoms with Crippen molar-refractivity contribution in [2.75, 3.05) is 5.32 Å². The normalized spacial score (nSPS) is 10.3. The number of nitrogens with one attached hydrogen (secondary N) is 1. The zero-order chi connectivity index (χ0) is 14.9. The van der Waals surface area contributed by atoms with E-state index >= 15 is 0 Å². The van der Waals surface area contributed by atoms with Crippen molar-refractivity contribution in [3.63, 3.8) is 0 Å². The molecule has 0 bridgehead atoms. The molecule has 7 heteroatoms. The molecule has 5 nitrogen and oxygen atoms in total. The smallest absolute Gasteiger partial charge is 0.338 e. The third-order valence-electron chi connectivity index (χ3n) is 2.52. The van der Waals surface area contributed by atoms with Crippen LogP contribution in [0.2, 0.25) is 0 Å². The SMILES string of the molecule is Cc1cc(C(=O)O)c(NC(=O)c2cc(F)ccc2O)s1. The summed E-state index contributed by atoms with van der Waals surface area (Å²) in [5.74, 6) is -3.00. The Labute approximate surface area is 117 Å². The number of hydrogen-bond acceptors (Lipinski definition) is 4. The minimum absolute atomic E-state index is 0.0447. The van der Waals surface area contributed by atoms with Crippen LogP contribution < -0.4 is 5.32 Å². The van der Waals surface area contributed by atoms with Gasteiger partial charge in [-0.3, -0.25) is 4.79 Å². The van der Waals surface area contributed by atoms with Crippen molar-refractivity contribution < 1.29 is 24.2 Å². The zero-order valence-corrected chi connectivity index (χ0v) is 11.1. The van der Waals surface area contributed by atoms with Crippen molar-refractivity contribution in [3.8, 4) is 5.75 Å². The molecule has 0 atom stereocenters. The number of aryl methyl sites for hydroxylation is 1. The van der Waals surface area contributed by atoms with Crippen LogP contribution in [0.15, 0.2) is 24.3 Å². The Morgan fingerprint density at radius 3 is 2.60 bits per heavy atom. The number of carbonyl (C=O) groups excluding carboxylic acids is 1. The molecule has 1 aromatic carbocycles. The molecule has 0 saturated carbocycles. The molecule has 0 radical (unpaired) electrons. The number of aromatic hydroxyl groups is 1. The lowest BCUT2D eigenvalue weighted by molar-refractivity contribution is 0.0698. The first-order valence-electron chi connectivity index (χ1n) is 5.52. The van der Waals surface area contributed by atoms with E-state index < -0.39 is 17.7 Å². The van der Waals surface area contributed by atoms with Crippen LogP contribution >= 0.6 is 11.3 Å². The molecule has 0 spiro atoms. The second-order valence-electron chi connectivity index (χ2n) is 4.02. The standard InChI is InChI=1S/C13H10FNO4S/c1-6-4-9(13(18)19)12(20-6)15-11(17)8-5-7(14)2-3-10(8)16/h2-5,16H,1H3,(H,15,17)(H,18,19). The lowest BCUT2D eigenvalue weighted by Crippen LogP contribution is -2.13. The van der Waals surface area contributed by atoms with Crippen LogP contribution in [0.25, 0.3) is 0 Å². The third-order valence-corrected chi connectivity index (χ3v) is 3.48. The average molecular weight is 295 g/mol. The van der Waals surface area contributed by atoms with Crippen molar-refractivity contribution in [2.24, 2.45) is 0 Å². The minimum Gasteiger partial charge on any atom is -0.507 e. The number of benzene rings is 1. The van der Waals surface area contributed by atoms with E-state index in [9.17, 15) is 19.1 Å². The quantitative estimate of drug-likeness (QED) is 0.812. The predicted molar refractivity (Wildman–Crippen MR) is 72.0 cm³/mol. The number of carboxylic acid groups (broad SMARTS) is 1. The molecule has 1 heterocycles. The van der Waals surface area contributed by atoms with Gasteiger partial charge in [-0.15, -0.1) is 11.3 Å². The van der Waals surface area contributed by atoms with E-state index in [1.165, 1.54) is 6.07 Å². The number of phenolic OH excluding ortho intramolecular Hbond substituents is 1. The van der Waals surface area contributed by atoms with Crippen molar-refractivity contribution in [2.45, 2.75) is 6.92 Å². The molecule has 0 aliphatic carbocycles. The van der Waals surface area contributed by atoms with Crippen LogP contribution in [0.4, 0.5) is 9.39 Å². The number of rotatable bonds is 3. The van der Waals surface area contributed by atoms with Crippen LogP contribution in [0, 0.1) is 12.7 Å². The summed E-state index contributed by atoms with van der Waals surface area (Å²) in [6.07, 6.45) is 0. The summed E-state index contributed by atoms with van der Waals surface area (Å²) < 4.78 is 13.1. The van der Waals surface area contributed by atoms with Crippen molar-refractivity contribution in [3.05, 3.63) is 46.1 Å². The molecule has 2 aromatic rings. The van der Waals surface area contributed by atoms with Gasteiger partial charge in [0.15, 0.2) is 0 Å². The summed E-state index contributed by atoms with van der Waals surface area (Å²) in [5.41, 5.74) is -0.302. The number of halogens is 1. The summed E-state index contributed by atoms with van der Waals surface area (Å²) >= 11 is 1.09. The van der Waals surface area contributed by atoms with Gasteiger partial charge in [0.25, 0.3) is 5.91 Å². The van der Waals surface area contributed by atoms with Gasteiger partial charge in [-0.2, -0.15) is 0 Å². The van der Waals surface area contributed by atoms with Crippen LogP contribution in [0.5, 0.6) is 5.75 Å². The topological polar surface area (TPSA) is 86.6 Å². The Balaban J connectivity index is 2.32. The third kappa shape index (κ3) is 2.77. The Bertz CT molecular complexity index is 696. The zero-order valence-electron chi connectivity index (χ0n) is 10.3. The first-order valence-corrected chi connectivity index (χ1v) is 6.33. The summed E-state index contributed by atoms with van der Waals surface area (Å²) in [6.45, 7) is 1.70. The highest BCUT2D eigenvalue weighted by molar-refractivity contribution is 7.16. The highest BCUT2D eigenvalue weighted by Gasteiger charge is 2.18. The van der Waals surface area contributed by atoms with Crippen molar-refractivity contribution in [1.29, 1.82) is 0 Å². The first-order chi connectivity index (χ1) is 9.38. The number of anilines is 1. The molecule has 104 valence electrons. The Morgan fingerprint density at radius 2 is 1.95 bits per heavy atom. The lowest BCUT2D eigenvalue weighted by atomic mass is 10.2. The number of thiophene rings is 1. The lowest BCUT2D eigenvalue weighted by Gasteiger charge is -2.06. The van der Waals surface area contributed by atoms with Gasteiger partial charge in [0.1, 0.15) is 16.6 Å². The molecule has 1 amide bonds. The maximum atomic E-state index is 13.1. The van der Waals surface area contributed by atoms with E-state index in [2.05, 4.69) is 5.32 Å². The maximum absolute atomic E-state index is 13.1. The number of phenols is 1. The molecule has 20 heavy (non-hydrogen) atoms. The van der Waals surface area contributed by atoms with Crippen LogP contribution in [-0.4, -0.2) is 22.1 Å². The predicted octanol–water partition coefficient (Wildman–Crippen LogP) is 2.85. The first kappa shape index (κ1) is 14.0. The van der Waals surface area contributed by atoms with Gasteiger partial charge in [0.05, 0.1) is 11.1 Å². The highest BCUT2D eigenvalue weighted by Crippen LogP contribution is 2.29. The fraction of sp³-hybridized carbons (Fsp3) is 0.0769. The average Bonchev–Trinajstić information content (AvgIpc) is 2.73.